The zero-order valence-electron chi connectivity index (χ0n) is 17.4. The highest BCUT2D eigenvalue weighted by Gasteiger charge is 2.21. The second kappa shape index (κ2) is 7.87. The Labute approximate surface area is 180 Å². The number of hydrogen-bond acceptors (Lipinski definition) is 5. The first-order valence-corrected chi connectivity index (χ1v) is 10.6. The van der Waals surface area contributed by atoms with Crippen molar-refractivity contribution in [2.24, 2.45) is 5.73 Å². The predicted molar refractivity (Wildman–Crippen MR) is 122 cm³/mol. The highest BCUT2D eigenvalue weighted by atomic mass is 16.3. The number of nitrogens with zero attached hydrogens (tertiary/aromatic N) is 2. The molecule has 2 aromatic heterocycles. The van der Waals surface area contributed by atoms with Gasteiger partial charge < -0.3 is 15.5 Å². The number of aromatic nitrogens is 2. The predicted octanol–water partition coefficient (Wildman–Crippen LogP) is 5.32. The third kappa shape index (κ3) is 3.65. The van der Waals surface area contributed by atoms with Gasteiger partial charge in [0.05, 0.1) is 23.0 Å². The molecule has 0 spiro atoms. The number of oxazole rings is 1. The molecular formula is C25H24N4O2. The molecule has 0 bridgehead atoms. The van der Waals surface area contributed by atoms with Crippen LogP contribution in [0.15, 0.2) is 59.5 Å². The van der Waals surface area contributed by atoms with E-state index in [1.165, 1.54) is 12.8 Å². The highest BCUT2D eigenvalue weighted by Crippen LogP contribution is 2.35. The van der Waals surface area contributed by atoms with Crippen molar-refractivity contribution in [1.82, 2.24) is 9.97 Å². The van der Waals surface area contributed by atoms with Gasteiger partial charge >= 0.3 is 0 Å². The van der Waals surface area contributed by atoms with E-state index in [2.05, 4.69) is 39.6 Å². The van der Waals surface area contributed by atoms with Crippen molar-refractivity contribution in [1.29, 1.82) is 0 Å². The summed E-state index contributed by atoms with van der Waals surface area (Å²) in [6.45, 7) is 2.04. The minimum absolute atomic E-state index is 0.348. The SMILES string of the molecule is Cc1cc(-c2cccc(-c3ncco3)c2)cc2c(NC3CCCC3)c(C(N)=O)cnc12. The number of anilines is 1. The fourth-order valence-corrected chi connectivity index (χ4v) is 4.46. The molecule has 5 rings (SSSR count). The topological polar surface area (TPSA) is 94.0 Å². The molecule has 4 aromatic rings. The summed E-state index contributed by atoms with van der Waals surface area (Å²) in [5, 5.41) is 4.52. The molecule has 156 valence electrons. The molecule has 0 atom stereocenters. The molecule has 1 saturated carbocycles. The van der Waals surface area contributed by atoms with E-state index >= 15 is 0 Å². The lowest BCUT2D eigenvalue weighted by molar-refractivity contribution is 0.100. The zero-order chi connectivity index (χ0) is 21.4. The third-order valence-corrected chi connectivity index (χ3v) is 6.01. The van der Waals surface area contributed by atoms with Crippen molar-refractivity contribution in [2.75, 3.05) is 5.32 Å². The van der Waals surface area contributed by atoms with Gasteiger partial charge in [-0.05, 0) is 60.7 Å². The second-order valence-electron chi connectivity index (χ2n) is 8.14. The van der Waals surface area contributed by atoms with E-state index in [1.54, 1.807) is 18.7 Å². The Morgan fingerprint density at radius 2 is 1.90 bits per heavy atom. The number of fused-ring (bicyclic) bond motifs is 1. The average molecular weight is 412 g/mol. The quantitative estimate of drug-likeness (QED) is 0.463. The Morgan fingerprint density at radius 1 is 1.10 bits per heavy atom. The van der Waals surface area contributed by atoms with Crippen LogP contribution in [0.5, 0.6) is 0 Å². The Bertz CT molecular complexity index is 1260. The molecule has 2 heterocycles. The number of nitrogens with one attached hydrogen (secondary N) is 1. The Morgan fingerprint density at radius 3 is 2.65 bits per heavy atom. The van der Waals surface area contributed by atoms with Crippen LogP contribution in [0.1, 0.15) is 41.6 Å². The van der Waals surface area contributed by atoms with E-state index in [9.17, 15) is 4.79 Å². The Balaban J connectivity index is 1.67. The van der Waals surface area contributed by atoms with Crippen LogP contribution < -0.4 is 11.1 Å². The molecule has 1 aliphatic carbocycles. The average Bonchev–Trinajstić information content (AvgIpc) is 3.48. The molecule has 0 radical (unpaired) electrons. The standard InChI is InChI=1S/C25H24N4O2/c1-15-11-18(16-5-4-6-17(12-16)25-27-9-10-31-25)13-20-22(15)28-14-21(24(26)30)23(20)29-19-7-2-3-8-19/h4-6,9-14,19H,2-3,7-8H2,1H3,(H2,26,30)(H,28,29). The lowest BCUT2D eigenvalue weighted by Gasteiger charge is -2.19. The van der Waals surface area contributed by atoms with Crippen molar-refractivity contribution < 1.29 is 9.21 Å². The summed E-state index contributed by atoms with van der Waals surface area (Å²) in [5.41, 5.74) is 11.8. The summed E-state index contributed by atoms with van der Waals surface area (Å²) in [5.74, 6) is 0.115. The number of nitrogens with two attached hydrogens (primary N) is 1. The number of amides is 1. The monoisotopic (exact) mass is 412 g/mol. The molecule has 0 saturated heterocycles. The number of aryl methyl sites for hydroxylation is 1. The molecule has 6 heteroatoms. The van der Waals surface area contributed by atoms with Crippen LogP contribution >= 0.6 is 0 Å². The number of pyridine rings is 1. The smallest absolute Gasteiger partial charge is 0.252 e. The van der Waals surface area contributed by atoms with E-state index < -0.39 is 5.91 Å². The van der Waals surface area contributed by atoms with Crippen molar-refractivity contribution in [2.45, 2.75) is 38.6 Å². The largest absolute Gasteiger partial charge is 0.445 e. The van der Waals surface area contributed by atoms with Gasteiger partial charge in [0.15, 0.2) is 0 Å². The Kier molecular flexibility index (Phi) is 4.90. The van der Waals surface area contributed by atoms with Crippen LogP contribution in [0, 0.1) is 6.92 Å². The first-order chi connectivity index (χ1) is 15.1. The van der Waals surface area contributed by atoms with Crippen LogP contribution in [0.2, 0.25) is 0 Å². The molecule has 1 fully saturated rings. The van der Waals surface area contributed by atoms with Gasteiger partial charge in [-0.25, -0.2) is 4.98 Å². The first kappa shape index (κ1) is 19.3. The maximum atomic E-state index is 12.2. The van der Waals surface area contributed by atoms with Gasteiger partial charge in [-0.3, -0.25) is 9.78 Å². The highest BCUT2D eigenvalue weighted by molar-refractivity contribution is 6.08. The summed E-state index contributed by atoms with van der Waals surface area (Å²) in [6.07, 6.45) is 9.39. The molecule has 2 aromatic carbocycles. The summed E-state index contributed by atoms with van der Waals surface area (Å²) in [7, 11) is 0. The van der Waals surface area contributed by atoms with E-state index in [1.807, 2.05) is 19.1 Å². The number of primary amides is 1. The van der Waals surface area contributed by atoms with E-state index in [4.69, 9.17) is 10.2 Å². The van der Waals surface area contributed by atoms with Crippen LogP contribution in [-0.2, 0) is 0 Å². The normalized spacial score (nSPS) is 14.2. The molecular weight excluding hydrogens is 388 g/mol. The van der Waals surface area contributed by atoms with Crippen LogP contribution in [-0.4, -0.2) is 21.9 Å². The van der Waals surface area contributed by atoms with Gasteiger partial charge in [-0.1, -0.05) is 25.0 Å². The van der Waals surface area contributed by atoms with E-state index in [-0.39, 0.29) is 0 Å². The second-order valence-corrected chi connectivity index (χ2v) is 8.14. The third-order valence-electron chi connectivity index (χ3n) is 6.01. The van der Waals surface area contributed by atoms with Crippen molar-refractivity contribution in [3.05, 3.63) is 66.2 Å². The first-order valence-electron chi connectivity index (χ1n) is 10.6. The Hall–Kier alpha value is -3.67. The molecule has 1 aliphatic rings. The lowest BCUT2D eigenvalue weighted by Crippen LogP contribution is -2.20. The maximum absolute atomic E-state index is 12.2. The van der Waals surface area contributed by atoms with Gasteiger partial charge in [0.1, 0.15) is 6.26 Å². The van der Waals surface area contributed by atoms with Crippen molar-refractivity contribution >= 4 is 22.5 Å². The van der Waals surface area contributed by atoms with E-state index in [0.717, 1.165) is 51.7 Å². The summed E-state index contributed by atoms with van der Waals surface area (Å²) >= 11 is 0. The minimum Gasteiger partial charge on any atom is -0.445 e. The van der Waals surface area contributed by atoms with Crippen LogP contribution in [0.4, 0.5) is 5.69 Å². The van der Waals surface area contributed by atoms with Crippen LogP contribution in [0.25, 0.3) is 33.5 Å². The van der Waals surface area contributed by atoms with Gasteiger partial charge in [-0.15, -0.1) is 0 Å². The molecule has 31 heavy (non-hydrogen) atoms. The van der Waals surface area contributed by atoms with Crippen molar-refractivity contribution in [3.8, 4) is 22.6 Å². The number of rotatable bonds is 5. The summed E-state index contributed by atoms with van der Waals surface area (Å²) in [4.78, 5) is 21.0. The number of carbonyl (C=O) groups is 1. The van der Waals surface area contributed by atoms with Gasteiger partial charge in [0.2, 0.25) is 5.89 Å². The number of benzene rings is 2. The molecule has 1 amide bonds. The van der Waals surface area contributed by atoms with Gasteiger partial charge in [0.25, 0.3) is 5.91 Å². The maximum Gasteiger partial charge on any atom is 0.252 e. The molecule has 0 unspecified atom stereocenters. The van der Waals surface area contributed by atoms with E-state index in [0.29, 0.717) is 17.5 Å². The van der Waals surface area contributed by atoms with Gasteiger partial charge in [-0.2, -0.15) is 0 Å². The molecule has 3 N–H and O–H groups in total. The zero-order valence-corrected chi connectivity index (χ0v) is 17.4. The number of hydrogen-bond donors (Lipinski definition) is 2. The number of carbonyl (C=O) groups excluding carboxylic acids is 1. The molecule has 0 aliphatic heterocycles. The minimum atomic E-state index is -0.469. The fraction of sp³-hybridized carbons (Fsp3) is 0.240. The summed E-state index contributed by atoms with van der Waals surface area (Å²) in [6, 6.07) is 12.6. The van der Waals surface area contributed by atoms with Crippen LogP contribution in [0.3, 0.4) is 0 Å². The molecule has 6 nitrogen and oxygen atoms in total. The summed E-state index contributed by atoms with van der Waals surface area (Å²) < 4.78 is 5.46. The van der Waals surface area contributed by atoms with Crippen molar-refractivity contribution in [3.63, 3.8) is 0 Å². The van der Waals surface area contributed by atoms with Gasteiger partial charge in [0, 0.05) is 23.2 Å². The fourth-order valence-electron chi connectivity index (χ4n) is 4.46. The lowest BCUT2D eigenvalue weighted by atomic mass is 9.96.